The highest BCUT2D eigenvalue weighted by atomic mass is 16.5. The molecule has 0 N–H and O–H groups in total. The molecule has 0 bridgehead atoms. The molecule has 0 spiro atoms. The molecule has 0 heterocycles. The number of ketones is 2. The Morgan fingerprint density at radius 1 is 0.422 bits per heavy atom. The lowest BCUT2D eigenvalue weighted by Crippen LogP contribution is -2.14. The lowest BCUT2D eigenvalue weighted by Gasteiger charge is -2.09. The van der Waals surface area contributed by atoms with Gasteiger partial charge in [0.05, 0.1) is 11.1 Å². The minimum Gasteiger partial charge on any atom is -0.457 e. The van der Waals surface area contributed by atoms with Gasteiger partial charge in [-0.2, -0.15) is 0 Å². The molecular formula is C34H26O11. The zero-order chi connectivity index (χ0) is 32.3. The van der Waals surface area contributed by atoms with Gasteiger partial charge in [0.25, 0.3) is 0 Å². The van der Waals surface area contributed by atoms with Crippen LogP contribution < -0.4 is 14.2 Å². The van der Waals surface area contributed by atoms with E-state index < -0.39 is 48.7 Å². The molecule has 228 valence electrons. The number of rotatable bonds is 12. The van der Waals surface area contributed by atoms with E-state index in [1.54, 1.807) is 24.3 Å². The summed E-state index contributed by atoms with van der Waals surface area (Å²) in [6.07, 6.45) is 0. The van der Waals surface area contributed by atoms with E-state index in [1.165, 1.54) is 86.6 Å². The van der Waals surface area contributed by atoms with Crippen LogP contribution in [0.3, 0.4) is 0 Å². The van der Waals surface area contributed by atoms with E-state index >= 15 is 0 Å². The Morgan fingerprint density at radius 3 is 1.02 bits per heavy atom. The van der Waals surface area contributed by atoms with E-state index in [4.69, 9.17) is 23.7 Å². The number of carbonyl (C=O) groups excluding carboxylic acids is 6. The van der Waals surface area contributed by atoms with Gasteiger partial charge in [0, 0.05) is 25.0 Å². The summed E-state index contributed by atoms with van der Waals surface area (Å²) in [5, 5.41) is 0. The number of esters is 4. The van der Waals surface area contributed by atoms with Crippen LogP contribution in [0.4, 0.5) is 0 Å². The van der Waals surface area contributed by atoms with E-state index in [9.17, 15) is 28.8 Å². The van der Waals surface area contributed by atoms with Gasteiger partial charge in [0.15, 0.2) is 24.8 Å². The van der Waals surface area contributed by atoms with Crippen molar-refractivity contribution in [3.05, 3.63) is 119 Å². The fourth-order valence-corrected chi connectivity index (χ4v) is 3.80. The molecule has 0 aliphatic carbocycles. The molecule has 0 aliphatic heterocycles. The molecule has 0 fully saturated rings. The van der Waals surface area contributed by atoms with Gasteiger partial charge in [0.1, 0.15) is 23.0 Å². The van der Waals surface area contributed by atoms with Gasteiger partial charge >= 0.3 is 23.9 Å². The van der Waals surface area contributed by atoms with Gasteiger partial charge in [0.2, 0.25) is 0 Å². The molecule has 0 unspecified atom stereocenters. The van der Waals surface area contributed by atoms with Crippen LogP contribution in [0.1, 0.15) is 55.3 Å². The van der Waals surface area contributed by atoms with E-state index in [1.807, 2.05) is 0 Å². The van der Waals surface area contributed by atoms with Crippen molar-refractivity contribution in [1.82, 2.24) is 0 Å². The third-order valence-electron chi connectivity index (χ3n) is 5.96. The van der Waals surface area contributed by atoms with Gasteiger partial charge < -0.3 is 23.7 Å². The molecular weight excluding hydrogens is 584 g/mol. The summed E-state index contributed by atoms with van der Waals surface area (Å²) in [7, 11) is 0. The largest absolute Gasteiger partial charge is 0.457 e. The van der Waals surface area contributed by atoms with E-state index in [0.717, 1.165) is 0 Å². The van der Waals surface area contributed by atoms with Gasteiger partial charge in [-0.3, -0.25) is 19.2 Å². The number of carbonyl (C=O) groups is 6. The monoisotopic (exact) mass is 610 g/mol. The normalized spacial score (nSPS) is 10.3. The van der Waals surface area contributed by atoms with Gasteiger partial charge in [-0.1, -0.05) is 0 Å². The van der Waals surface area contributed by atoms with Crippen LogP contribution in [0.2, 0.25) is 0 Å². The Labute approximate surface area is 257 Å². The molecule has 11 heteroatoms. The number of benzene rings is 4. The van der Waals surface area contributed by atoms with E-state index in [-0.39, 0.29) is 11.1 Å². The summed E-state index contributed by atoms with van der Waals surface area (Å²) in [5.41, 5.74) is 0.987. The molecule has 4 aromatic rings. The zero-order valence-corrected chi connectivity index (χ0v) is 24.1. The molecule has 0 aromatic heterocycles. The third-order valence-corrected chi connectivity index (χ3v) is 5.96. The topological polar surface area (TPSA) is 149 Å². The maximum Gasteiger partial charge on any atom is 0.338 e. The lowest BCUT2D eigenvalue weighted by atomic mass is 10.1. The fourth-order valence-electron chi connectivity index (χ4n) is 3.80. The van der Waals surface area contributed by atoms with Crippen molar-refractivity contribution in [1.29, 1.82) is 0 Å². The Morgan fingerprint density at radius 2 is 0.711 bits per heavy atom. The van der Waals surface area contributed by atoms with E-state index in [0.29, 0.717) is 34.1 Å². The smallest absolute Gasteiger partial charge is 0.338 e. The minimum atomic E-state index is -0.702. The Hall–Kier alpha value is -6.10. The average Bonchev–Trinajstić information content (AvgIpc) is 3.03. The lowest BCUT2D eigenvalue weighted by molar-refractivity contribution is -0.132. The molecule has 4 aromatic carbocycles. The molecule has 0 atom stereocenters. The first-order valence-corrected chi connectivity index (χ1v) is 13.4. The quantitative estimate of drug-likeness (QED) is 0.115. The molecule has 0 amide bonds. The van der Waals surface area contributed by atoms with Gasteiger partial charge in [-0.25, -0.2) is 9.59 Å². The van der Waals surface area contributed by atoms with Crippen LogP contribution in [0.5, 0.6) is 23.0 Å². The zero-order valence-electron chi connectivity index (χ0n) is 24.1. The summed E-state index contributed by atoms with van der Waals surface area (Å²) in [5.74, 6) is -1.83. The summed E-state index contributed by atoms with van der Waals surface area (Å²) in [6, 6.07) is 23.8. The van der Waals surface area contributed by atoms with Crippen LogP contribution >= 0.6 is 0 Å². The van der Waals surface area contributed by atoms with Crippen molar-refractivity contribution in [2.75, 3.05) is 13.2 Å². The predicted molar refractivity (Wildman–Crippen MR) is 158 cm³/mol. The maximum atomic E-state index is 12.4. The minimum absolute atomic E-state index is 0.202. The van der Waals surface area contributed by atoms with Crippen molar-refractivity contribution < 1.29 is 52.5 Å². The number of ether oxygens (including phenoxy) is 5. The molecule has 11 nitrogen and oxygen atoms in total. The Kier molecular flexibility index (Phi) is 10.5. The Balaban J connectivity index is 1.23. The summed E-state index contributed by atoms with van der Waals surface area (Å²) in [4.78, 5) is 71.5. The molecule has 0 saturated carbocycles. The Bertz CT molecular complexity index is 1580. The van der Waals surface area contributed by atoms with Crippen molar-refractivity contribution in [2.45, 2.75) is 13.8 Å². The number of hydrogen-bond donors (Lipinski definition) is 0. The van der Waals surface area contributed by atoms with Crippen LogP contribution in [0.15, 0.2) is 97.1 Å². The standard InChI is InChI=1S/C34H26O11/c1-21(35)43-27-11-3-23(4-12-27)31(37)19-41-33(39)25-7-15-29(16-8-25)45-30-17-9-26(10-18-30)34(40)42-20-32(38)24-5-13-28(14-6-24)44-22(2)36/h3-18H,19-20H2,1-2H3. The number of hydrogen-bond acceptors (Lipinski definition) is 11. The van der Waals surface area contributed by atoms with Crippen LogP contribution in [-0.2, 0) is 19.1 Å². The highest BCUT2D eigenvalue weighted by Crippen LogP contribution is 2.23. The fraction of sp³-hybridized carbons (Fsp3) is 0.118. The van der Waals surface area contributed by atoms with Crippen LogP contribution in [0.25, 0.3) is 0 Å². The maximum absolute atomic E-state index is 12.4. The molecule has 45 heavy (non-hydrogen) atoms. The third kappa shape index (κ3) is 9.45. The van der Waals surface area contributed by atoms with Crippen molar-refractivity contribution in [2.24, 2.45) is 0 Å². The first kappa shape index (κ1) is 31.8. The van der Waals surface area contributed by atoms with Crippen molar-refractivity contribution >= 4 is 35.4 Å². The first-order chi connectivity index (χ1) is 21.6. The van der Waals surface area contributed by atoms with Crippen molar-refractivity contribution in [3.63, 3.8) is 0 Å². The highest BCUT2D eigenvalue weighted by molar-refractivity contribution is 6.00. The van der Waals surface area contributed by atoms with Gasteiger partial charge in [-0.05, 0) is 97.1 Å². The SMILES string of the molecule is CC(=O)Oc1ccc(C(=O)COC(=O)c2ccc(Oc3ccc(C(=O)OCC(=O)c4ccc(OC(C)=O)cc4)cc3)cc2)cc1. The first-order valence-electron chi connectivity index (χ1n) is 13.4. The highest BCUT2D eigenvalue weighted by Gasteiger charge is 2.15. The predicted octanol–water partition coefficient (Wildman–Crippen LogP) is 5.41. The van der Waals surface area contributed by atoms with E-state index in [2.05, 4.69) is 0 Å². The molecule has 0 saturated heterocycles. The van der Waals surface area contributed by atoms with Gasteiger partial charge in [-0.15, -0.1) is 0 Å². The summed E-state index contributed by atoms with van der Waals surface area (Å²) < 4.78 is 25.8. The molecule has 0 aliphatic rings. The molecule has 0 radical (unpaired) electrons. The second kappa shape index (κ2) is 14.9. The summed E-state index contributed by atoms with van der Waals surface area (Å²) >= 11 is 0. The number of Topliss-reactive ketones (excluding diaryl/α,β-unsaturated/α-hetero) is 2. The average molecular weight is 611 g/mol. The summed E-state index contributed by atoms with van der Waals surface area (Å²) in [6.45, 7) is 1.58. The second-order valence-electron chi connectivity index (χ2n) is 9.39. The van der Waals surface area contributed by atoms with Crippen LogP contribution in [-0.4, -0.2) is 48.7 Å². The van der Waals surface area contributed by atoms with Crippen LogP contribution in [0, 0.1) is 0 Å². The van der Waals surface area contributed by atoms with Crippen molar-refractivity contribution in [3.8, 4) is 23.0 Å². The molecule has 4 rings (SSSR count). The second-order valence-corrected chi connectivity index (χ2v) is 9.39.